The van der Waals surface area contributed by atoms with Gasteiger partial charge in [0.15, 0.2) is 15.5 Å². The van der Waals surface area contributed by atoms with E-state index in [1.54, 1.807) is 11.7 Å². The smallest absolute Gasteiger partial charge is 0.281 e. The van der Waals surface area contributed by atoms with Gasteiger partial charge in [0.25, 0.3) is 5.56 Å². The van der Waals surface area contributed by atoms with Crippen LogP contribution in [0, 0.1) is 0 Å². The molecule has 0 bridgehead atoms. The third-order valence-corrected chi connectivity index (χ3v) is 6.81. The molecule has 2 aliphatic rings. The van der Waals surface area contributed by atoms with Crippen molar-refractivity contribution in [2.75, 3.05) is 18.6 Å². The van der Waals surface area contributed by atoms with Crippen LogP contribution >= 0.6 is 11.3 Å². The van der Waals surface area contributed by atoms with Crippen LogP contribution < -0.4 is 15.8 Å². The van der Waals surface area contributed by atoms with Crippen LogP contribution in [-0.4, -0.2) is 40.1 Å². The molecule has 1 amide bonds. The van der Waals surface area contributed by atoms with Gasteiger partial charge in [-0.2, -0.15) is 0 Å². The Morgan fingerprint density at radius 2 is 2.03 bits per heavy atom. The van der Waals surface area contributed by atoms with Gasteiger partial charge < -0.3 is 15.0 Å². The predicted octanol–water partition coefficient (Wildman–Crippen LogP) is 2.62. The molecule has 2 aromatic heterocycles. The van der Waals surface area contributed by atoms with Crippen LogP contribution in [0.4, 0.5) is 5.13 Å². The van der Waals surface area contributed by atoms with Gasteiger partial charge in [0.2, 0.25) is 5.91 Å². The standard InChI is InChI=1S/C22H25N5O3S/c1-30-13-17-24-20-18(21(29)27(17)15-9-10-15)25-22(31-20)26-11-5-8-16(26)19(28)23-12-14-6-3-2-4-7-14/h2-4,6-7,15-16H,5,8-13H2,1H3,(H,23,28)/t16-/m1/s1. The monoisotopic (exact) mass is 439 g/mol. The van der Waals surface area contributed by atoms with Crippen LogP contribution in [0.5, 0.6) is 0 Å². The molecular weight excluding hydrogens is 414 g/mol. The van der Waals surface area contributed by atoms with Crippen molar-refractivity contribution in [3.8, 4) is 0 Å². The van der Waals surface area contributed by atoms with Crippen molar-refractivity contribution in [3.63, 3.8) is 0 Å². The lowest BCUT2D eigenvalue weighted by molar-refractivity contribution is -0.122. The summed E-state index contributed by atoms with van der Waals surface area (Å²) in [5.41, 5.74) is 1.35. The van der Waals surface area contributed by atoms with Gasteiger partial charge in [-0.1, -0.05) is 41.7 Å². The first-order valence-electron chi connectivity index (χ1n) is 10.6. The molecule has 8 nitrogen and oxygen atoms in total. The van der Waals surface area contributed by atoms with Gasteiger partial charge in [0.1, 0.15) is 18.5 Å². The Labute approximate surface area is 183 Å². The summed E-state index contributed by atoms with van der Waals surface area (Å²) in [6.07, 6.45) is 3.65. The van der Waals surface area contributed by atoms with Gasteiger partial charge in [0.05, 0.1) is 0 Å². The molecular formula is C22H25N5O3S. The quantitative estimate of drug-likeness (QED) is 0.609. The average molecular weight is 440 g/mol. The fourth-order valence-corrected chi connectivity index (χ4v) is 5.18. The minimum Gasteiger partial charge on any atom is -0.377 e. The summed E-state index contributed by atoms with van der Waals surface area (Å²) in [5, 5.41) is 3.73. The predicted molar refractivity (Wildman–Crippen MR) is 119 cm³/mol. The molecule has 9 heteroatoms. The Morgan fingerprint density at radius 1 is 1.23 bits per heavy atom. The van der Waals surface area contributed by atoms with Gasteiger partial charge >= 0.3 is 0 Å². The van der Waals surface area contributed by atoms with Crippen molar-refractivity contribution in [2.45, 2.75) is 50.9 Å². The Hall–Kier alpha value is -2.78. The van der Waals surface area contributed by atoms with E-state index in [-0.39, 0.29) is 23.6 Å². The number of thiazole rings is 1. The molecule has 3 heterocycles. The lowest BCUT2D eigenvalue weighted by Gasteiger charge is -2.23. The molecule has 1 aliphatic carbocycles. The maximum Gasteiger partial charge on any atom is 0.281 e. The minimum absolute atomic E-state index is 0.0102. The van der Waals surface area contributed by atoms with Crippen molar-refractivity contribution in [1.29, 1.82) is 0 Å². The number of hydrogen-bond donors (Lipinski definition) is 1. The molecule has 0 spiro atoms. The Bertz CT molecular complexity index is 1160. The zero-order chi connectivity index (χ0) is 21.4. The van der Waals surface area contributed by atoms with Crippen LogP contribution in [0.25, 0.3) is 10.3 Å². The molecule has 3 aromatic rings. The van der Waals surface area contributed by atoms with Gasteiger partial charge in [0, 0.05) is 26.2 Å². The number of anilines is 1. The van der Waals surface area contributed by atoms with Crippen molar-refractivity contribution in [2.24, 2.45) is 0 Å². The number of aromatic nitrogens is 3. The molecule has 1 saturated carbocycles. The van der Waals surface area contributed by atoms with Gasteiger partial charge in [-0.05, 0) is 31.2 Å². The van der Waals surface area contributed by atoms with Crippen molar-refractivity contribution in [3.05, 3.63) is 52.1 Å². The number of benzene rings is 1. The van der Waals surface area contributed by atoms with E-state index in [0.29, 0.717) is 34.5 Å². The molecule has 31 heavy (non-hydrogen) atoms. The normalized spacial score (nSPS) is 18.6. The molecule has 1 atom stereocenters. The first-order chi connectivity index (χ1) is 15.2. The summed E-state index contributed by atoms with van der Waals surface area (Å²) in [5.74, 6) is 0.639. The molecule has 5 rings (SSSR count). The van der Waals surface area contributed by atoms with E-state index in [1.807, 2.05) is 35.2 Å². The van der Waals surface area contributed by atoms with Crippen LogP contribution in [0.1, 0.15) is 43.1 Å². The van der Waals surface area contributed by atoms with Crippen molar-refractivity contribution in [1.82, 2.24) is 19.9 Å². The first-order valence-corrected chi connectivity index (χ1v) is 11.5. The number of carbonyl (C=O) groups is 1. The number of carbonyl (C=O) groups excluding carboxylic acids is 1. The molecule has 0 radical (unpaired) electrons. The fourth-order valence-electron chi connectivity index (χ4n) is 4.15. The summed E-state index contributed by atoms with van der Waals surface area (Å²) < 4.78 is 7.01. The summed E-state index contributed by atoms with van der Waals surface area (Å²) in [6, 6.07) is 9.79. The van der Waals surface area contributed by atoms with Crippen molar-refractivity contribution < 1.29 is 9.53 Å². The van der Waals surface area contributed by atoms with Crippen LogP contribution in [-0.2, 0) is 22.7 Å². The second-order valence-electron chi connectivity index (χ2n) is 8.07. The Balaban J connectivity index is 1.40. The topological polar surface area (TPSA) is 89.3 Å². The first kappa shape index (κ1) is 20.1. The van der Waals surface area contributed by atoms with Gasteiger partial charge in [-0.25, -0.2) is 9.97 Å². The number of ether oxygens (including phenoxy) is 1. The van der Waals surface area contributed by atoms with Crippen LogP contribution in [0.3, 0.4) is 0 Å². The van der Waals surface area contributed by atoms with E-state index < -0.39 is 0 Å². The summed E-state index contributed by atoms with van der Waals surface area (Å²) in [6.45, 7) is 1.53. The molecule has 1 saturated heterocycles. The van der Waals surface area contributed by atoms with E-state index in [0.717, 1.165) is 37.8 Å². The summed E-state index contributed by atoms with van der Waals surface area (Å²) in [7, 11) is 1.61. The van der Waals surface area contributed by atoms with Crippen LogP contribution in [0.2, 0.25) is 0 Å². The molecule has 1 aromatic carbocycles. The number of hydrogen-bond acceptors (Lipinski definition) is 7. The zero-order valence-electron chi connectivity index (χ0n) is 17.4. The Morgan fingerprint density at radius 3 is 2.77 bits per heavy atom. The SMILES string of the molecule is COCc1nc2sc(N3CCC[C@@H]3C(=O)NCc3ccccc3)nc2c(=O)n1C1CC1. The largest absolute Gasteiger partial charge is 0.377 e. The highest BCUT2D eigenvalue weighted by atomic mass is 32.1. The number of methoxy groups -OCH3 is 1. The maximum absolute atomic E-state index is 13.1. The third-order valence-electron chi connectivity index (χ3n) is 5.82. The van der Waals surface area contributed by atoms with Crippen molar-refractivity contribution >= 4 is 32.7 Å². The third kappa shape index (κ3) is 3.95. The van der Waals surface area contributed by atoms with Gasteiger partial charge in [-0.3, -0.25) is 14.2 Å². The van der Waals surface area contributed by atoms with E-state index in [9.17, 15) is 9.59 Å². The number of amides is 1. The maximum atomic E-state index is 13.1. The highest BCUT2D eigenvalue weighted by Crippen LogP contribution is 2.36. The summed E-state index contributed by atoms with van der Waals surface area (Å²) in [4.78, 5) is 38.0. The molecule has 1 aliphatic heterocycles. The second-order valence-corrected chi connectivity index (χ2v) is 9.03. The van der Waals surface area contributed by atoms with E-state index in [4.69, 9.17) is 9.72 Å². The average Bonchev–Trinajstić information content (AvgIpc) is 3.32. The van der Waals surface area contributed by atoms with Crippen LogP contribution in [0.15, 0.2) is 35.1 Å². The van der Waals surface area contributed by atoms with E-state index in [2.05, 4.69) is 10.3 Å². The lowest BCUT2D eigenvalue weighted by atomic mass is 10.2. The minimum atomic E-state index is -0.284. The molecule has 1 N–H and O–H groups in total. The highest BCUT2D eigenvalue weighted by Gasteiger charge is 2.34. The van der Waals surface area contributed by atoms with E-state index in [1.165, 1.54) is 11.3 Å². The number of nitrogens with one attached hydrogen (secondary N) is 1. The Kier molecular flexibility index (Phi) is 5.45. The number of fused-ring (bicyclic) bond motifs is 1. The molecule has 0 unspecified atom stereocenters. The summed E-state index contributed by atoms with van der Waals surface area (Å²) >= 11 is 1.38. The second kappa shape index (κ2) is 8.39. The lowest BCUT2D eigenvalue weighted by Crippen LogP contribution is -2.43. The van der Waals surface area contributed by atoms with E-state index >= 15 is 0 Å². The zero-order valence-corrected chi connectivity index (χ0v) is 18.2. The molecule has 2 fully saturated rings. The number of rotatable bonds is 7. The fraction of sp³-hybridized carbons (Fsp3) is 0.455. The highest BCUT2D eigenvalue weighted by molar-refractivity contribution is 7.21. The molecule has 162 valence electrons. The number of nitrogens with zero attached hydrogens (tertiary/aromatic N) is 4. The van der Waals surface area contributed by atoms with Gasteiger partial charge in [-0.15, -0.1) is 0 Å².